The molecule has 0 amide bonds. The number of hydrogen-bond acceptors (Lipinski definition) is 4. The van der Waals surface area contributed by atoms with Crippen molar-refractivity contribution < 1.29 is 0 Å². The molecule has 1 fully saturated rings. The summed E-state index contributed by atoms with van der Waals surface area (Å²) in [6.45, 7) is 2.21. The molecule has 2 aliphatic rings. The maximum atomic E-state index is 3.47. The maximum Gasteiger partial charge on any atom is 0.0778 e. The zero-order valence-corrected chi connectivity index (χ0v) is 12.6. The Balaban J connectivity index is 1.70. The van der Waals surface area contributed by atoms with E-state index in [4.69, 9.17) is 0 Å². The Labute approximate surface area is 131 Å². The minimum Gasteiger partial charge on any atom is -0.317 e. The minimum atomic E-state index is 0.335. The molecule has 0 radical (unpaired) electrons. The second-order valence-corrected chi connectivity index (χ2v) is 6.10. The smallest absolute Gasteiger partial charge is 0.0778 e. The van der Waals surface area contributed by atoms with E-state index in [9.17, 15) is 0 Å². The van der Waals surface area contributed by atoms with Gasteiger partial charge in [0.25, 0.3) is 0 Å². The lowest BCUT2D eigenvalue weighted by molar-refractivity contribution is 0.0643. The molecule has 2 heterocycles. The SMILES string of the molecule is C1=CNN([C@@H](c2ccc3ccccc3c2)C2CCNCC2)N1. The second-order valence-electron chi connectivity index (χ2n) is 6.10. The predicted octanol–water partition coefficient (Wildman–Crippen LogP) is 2.68. The van der Waals surface area contributed by atoms with Crippen LogP contribution in [0.25, 0.3) is 10.8 Å². The van der Waals surface area contributed by atoms with Gasteiger partial charge in [0.2, 0.25) is 0 Å². The Morgan fingerprint density at radius 1 is 0.909 bits per heavy atom. The minimum absolute atomic E-state index is 0.335. The van der Waals surface area contributed by atoms with Gasteiger partial charge in [-0.25, -0.2) is 0 Å². The van der Waals surface area contributed by atoms with E-state index in [-0.39, 0.29) is 0 Å². The Kier molecular flexibility index (Phi) is 3.70. The summed E-state index contributed by atoms with van der Waals surface area (Å²) in [5.74, 6) is 0.641. The van der Waals surface area contributed by atoms with Crippen molar-refractivity contribution in [3.63, 3.8) is 0 Å². The normalized spacial score (nSPS) is 20.7. The molecule has 4 rings (SSSR count). The van der Waals surface area contributed by atoms with Crippen LogP contribution >= 0.6 is 0 Å². The molecule has 0 spiro atoms. The molecule has 0 aromatic heterocycles. The highest BCUT2D eigenvalue weighted by atomic mass is 15.7. The summed E-state index contributed by atoms with van der Waals surface area (Å²) in [4.78, 5) is 0. The van der Waals surface area contributed by atoms with Crippen LogP contribution in [0.3, 0.4) is 0 Å². The van der Waals surface area contributed by atoms with Crippen LogP contribution in [0, 0.1) is 5.92 Å². The monoisotopic (exact) mass is 294 g/mol. The van der Waals surface area contributed by atoms with Crippen LogP contribution in [0.4, 0.5) is 0 Å². The summed E-state index contributed by atoms with van der Waals surface area (Å²) in [6.07, 6.45) is 6.32. The molecule has 22 heavy (non-hydrogen) atoms. The molecular weight excluding hydrogens is 272 g/mol. The number of nitrogens with zero attached hydrogens (tertiary/aromatic N) is 1. The van der Waals surface area contributed by atoms with Crippen molar-refractivity contribution in [1.82, 2.24) is 21.3 Å². The lowest BCUT2D eigenvalue weighted by atomic mass is 9.85. The molecule has 0 bridgehead atoms. The summed E-state index contributed by atoms with van der Waals surface area (Å²) < 4.78 is 0. The quantitative estimate of drug-likeness (QED) is 0.814. The van der Waals surface area contributed by atoms with E-state index in [1.54, 1.807) is 0 Å². The topological polar surface area (TPSA) is 39.3 Å². The maximum absolute atomic E-state index is 3.47. The van der Waals surface area contributed by atoms with Crippen molar-refractivity contribution in [3.05, 3.63) is 60.4 Å². The molecule has 114 valence electrons. The van der Waals surface area contributed by atoms with E-state index >= 15 is 0 Å². The summed E-state index contributed by atoms with van der Waals surface area (Å²) in [7, 11) is 0. The van der Waals surface area contributed by atoms with Crippen LogP contribution in [0.15, 0.2) is 54.9 Å². The average Bonchev–Trinajstić information content (AvgIpc) is 3.10. The van der Waals surface area contributed by atoms with Crippen LogP contribution in [-0.2, 0) is 0 Å². The number of fused-ring (bicyclic) bond motifs is 1. The third-order valence-electron chi connectivity index (χ3n) is 4.73. The molecule has 0 saturated carbocycles. The first-order chi connectivity index (χ1) is 10.9. The fourth-order valence-electron chi connectivity index (χ4n) is 3.62. The molecule has 2 aliphatic heterocycles. The number of piperidine rings is 1. The van der Waals surface area contributed by atoms with Gasteiger partial charge in [0, 0.05) is 12.4 Å². The molecular formula is C18H22N4. The van der Waals surface area contributed by atoms with E-state index in [1.165, 1.54) is 29.2 Å². The van der Waals surface area contributed by atoms with Crippen LogP contribution in [0.2, 0.25) is 0 Å². The third kappa shape index (κ3) is 2.56. The molecule has 0 aliphatic carbocycles. The van der Waals surface area contributed by atoms with Gasteiger partial charge in [0.1, 0.15) is 0 Å². The first-order valence-corrected chi connectivity index (χ1v) is 8.08. The Bertz CT molecular complexity index is 668. The highest BCUT2D eigenvalue weighted by Gasteiger charge is 2.31. The summed E-state index contributed by atoms with van der Waals surface area (Å²) >= 11 is 0. The van der Waals surface area contributed by atoms with Crippen molar-refractivity contribution in [3.8, 4) is 0 Å². The summed E-state index contributed by atoms with van der Waals surface area (Å²) in [5, 5.41) is 8.22. The van der Waals surface area contributed by atoms with Gasteiger partial charge >= 0.3 is 0 Å². The summed E-state index contributed by atoms with van der Waals surface area (Å²) in [6, 6.07) is 15.8. The second kappa shape index (κ2) is 5.99. The number of nitrogens with one attached hydrogen (secondary N) is 3. The van der Waals surface area contributed by atoms with Gasteiger partial charge in [0.15, 0.2) is 0 Å². The first kappa shape index (κ1) is 13.6. The standard InChI is InChI=1S/C18H22N4/c1-2-4-16-13-17(6-5-14(16)3-1)18(22-20-11-12-21-22)15-7-9-19-10-8-15/h1-6,11-13,15,18-21H,7-10H2/t18-/m1/s1. The van der Waals surface area contributed by atoms with Gasteiger partial charge in [-0.15, -0.1) is 5.12 Å². The van der Waals surface area contributed by atoms with Crippen molar-refractivity contribution in [2.24, 2.45) is 5.92 Å². The van der Waals surface area contributed by atoms with Gasteiger partial charge in [0.05, 0.1) is 6.04 Å². The van der Waals surface area contributed by atoms with Gasteiger partial charge < -0.3 is 16.2 Å². The highest BCUT2D eigenvalue weighted by molar-refractivity contribution is 5.83. The summed E-state index contributed by atoms with van der Waals surface area (Å²) in [5.41, 5.74) is 8.01. The van der Waals surface area contributed by atoms with Gasteiger partial charge in [-0.3, -0.25) is 0 Å². The Morgan fingerprint density at radius 3 is 2.41 bits per heavy atom. The largest absolute Gasteiger partial charge is 0.317 e. The van der Waals surface area contributed by atoms with E-state index in [0.717, 1.165) is 13.1 Å². The van der Waals surface area contributed by atoms with E-state index in [1.807, 2.05) is 12.4 Å². The Hall–Kier alpha value is -2.04. The highest BCUT2D eigenvalue weighted by Crippen LogP contribution is 2.34. The first-order valence-electron chi connectivity index (χ1n) is 8.08. The van der Waals surface area contributed by atoms with Crippen molar-refractivity contribution in [2.75, 3.05) is 13.1 Å². The average molecular weight is 294 g/mol. The van der Waals surface area contributed by atoms with Crippen molar-refractivity contribution >= 4 is 10.8 Å². The molecule has 1 atom stereocenters. The molecule has 2 aromatic carbocycles. The van der Waals surface area contributed by atoms with Gasteiger partial charge in [-0.2, -0.15) is 0 Å². The van der Waals surface area contributed by atoms with Crippen molar-refractivity contribution in [2.45, 2.75) is 18.9 Å². The number of hydrazine groups is 2. The molecule has 1 saturated heterocycles. The third-order valence-corrected chi connectivity index (χ3v) is 4.73. The van der Waals surface area contributed by atoms with Crippen molar-refractivity contribution in [1.29, 1.82) is 0 Å². The lowest BCUT2D eigenvalue weighted by Gasteiger charge is -2.36. The Morgan fingerprint density at radius 2 is 1.64 bits per heavy atom. The fourth-order valence-corrected chi connectivity index (χ4v) is 3.62. The molecule has 4 heteroatoms. The predicted molar refractivity (Wildman–Crippen MR) is 89.5 cm³/mol. The molecule has 2 aromatic rings. The molecule has 4 nitrogen and oxygen atoms in total. The lowest BCUT2D eigenvalue weighted by Crippen LogP contribution is -2.46. The number of rotatable bonds is 3. The zero-order valence-electron chi connectivity index (χ0n) is 12.6. The van der Waals surface area contributed by atoms with Crippen LogP contribution in [0.5, 0.6) is 0 Å². The van der Waals surface area contributed by atoms with Crippen LogP contribution in [0.1, 0.15) is 24.4 Å². The zero-order chi connectivity index (χ0) is 14.8. The van der Waals surface area contributed by atoms with E-state index in [2.05, 4.69) is 63.8 Å². The van der Waals surface area contributed by atoms with E-state index < -0.39 is 0 Å². The number of hydrogen-bond donors (Lipinski definition) is 3. The molecule has 3 N–H and O–H groups in total. The number of benzene rings is 2. The molecule has 0 unspecified atom stereocenters. The van der Waals surface area contributed by atoms with Gasteiger partial charge in [-0.1, -0.05) is 36.4 Å². The van der Waals surface area contributed by atoms with E-state index in [0.29, 0.717) is 12.0 Å². The van der Waals surface area contributed by atoms with Crippen LogP contribution < -0.4 is 16.2 Å². The fraction of sp³-hybridized carbons (Fsp3) is 0.333. The van der Waals surface area contributed by atoms with Crippen LogP contribution in [-0.4, -0.2) is 18.2 Å². The van der Waals surface area contributed by atoms with Gasteiger partial charge in [-0.05, 0) is 54.3 Å².